The molecular weight excluding hydrogens is 729 g/mol. The minimum absolute atomic E-state index is 0.522. The Labute approximate surface area is 334 Å². The van der Waals surface area contributed by atoms with Gasteiger partial charge in [-0.3, -0.25) is 4.57 Å². The zero-order valence-corrected chi connectivity index (χ0v) is 31.6. The normalized spacial score (nSPS) is 12.5. The van der Waals surface area contributed by atoms with Crippen molar-refractivity contribution in [3.63, 3.8) is 0 Å². The maximum Gasteiger partial charge on any atom is 0.248 e. The summed E-state index contributed by atoms with van der Waals surface area (Å²) in [5.41, 5.74) is 14.6. The monoisotopic (exact) mass is 756 g/mol. The predicted molar refractivity (Wildman–Crippen MR) is 241 cm³/mol. The molecule has 6 heteroatoms. The number of aromatic nitrogens is 4. The molecule has 0 N–H and O–H groups in total. The molecule has 58 heavy (non-hydrogen) atoms. The van der Waals surface area contributed by atoms with Crippen LogP contribution < -0.4 is 0 Å². The van der Waals surface area contributed by atoms with Gasteiger partial charge in [0.25, 0.3) is 0 Å². The molecule has 0 bridgehead atoms. The molecule has 0 atom stereocenters. The van der Waals surface area contributed by atoms with Crippen LogP contribution in [0.2, 0.25) is 0 Å². The van der Waals surface area contributed by atoms with Gasteiger partial charge in [0.05, 0.1) is 27.8 Å². The largest absolute Gasteiger partial charge is 0.436 e. The molecule has 1 aliphatic rings. The molecule has 13 aromatic rings. The van der Waals surface area contributed by atoms with Gasteiger partial charge >= 0.3 is 0 Å². The molecule has 0 saturated heterocycles. The van der Waals surface area contributed by atoms with Gasteiger partial charge in [0, 0.05) is 63.8 Å². The average Bonchev–Trinajstić information content (AvgIpc) is 4.00. The second-order valence-corrected chi connectivity index (χ2v) is 16.3. The van der Waals surface area contributed by atoms with Crippen molar-refractivity contribution in [1.82, 2.24) is 19.1 Å². The van der Waals surface area contributed by atoms with Crippen LogP contribution in [0.25, 0.3) is 131 Å². The van der Waals surface area contributed by atoms with Gasteiger partial charge in [0.15, 0.2) is 5.82 Å². The molecule has 8 aromatic carbocycles. The van der Waals surface area contributed by atoms with Gasteiger partial charge in [-0.05, 0) is 53.6 Å². The quantitative estimate of drug-likeness (QED) is 0.176. The third kappa shape index (κ3) is 3.89. The summed E-state index contributed by atoms with van der Waals surface area (Å²) in [4.78, 5) is 11.0. The Morgan fingerprint density at radius 3 is 1.93 bits per heavy atom. The van der Waals surface area contributed by atoms with E-state index < -0.39 is 0 Å². The fourth-order valence-electron chi connectivity index (χ4n) is 9.86. The van der Waals surface area contributed by atoms with Gasteiger partial charge in [-0.25, -0.2) is 4.98 Å². The molecule has 0 amide bonds. The highest BCUT2D eigenvalue weighted by molar-refractivity contribution is 7.26. The molecule has 0 fully saturated rings. The Kier molecular flexibility index (Phi) is 5.85. The molecule has 0 spiro atoms. The first-order chi connectivity index (χ1) is 28.8. The van der Waals surface area contributed by atoms with Gasteiger partial charge < -0.3 is 8.98 Å². The first-order valence-electron chi connectivity index (χ1n) is 19.6. The Morgan fingerprint density at radius 1 is 0.431 bits per heavy atom. The molecular formula is C52H28N4OS. The number of hydrogen-bond donors (Lipinski definition) is 0. The molecule has 6 heterocycles. The summed E-state index contributed by atoms with van der Waals surface area (Å²) in [5, 5.41) is 8.14. The number of nitrogens with zero attached hydrogens (tertiary/aromatic N) is 4. The van der Waals surface area contributed by atoms with Crippen molar-refractivity contribution in [3.8, 4) is 45.0 Å². The van der Waals surface area contributed by atoms with Crippen molar-refractivity contribution < 1.29 is 4.42 Å². The van der Waals surface area contributed by atoms with Crippen LogP contribution in [-0.2, 0) is 0 Å². The first kappa shape index (κ1) is 30.7. The highest BCUT2D eigenvalue weighted by Crippen LogP contribution is 2.49. The molecule has 5 nitrogen and oxygen atoms in total. The maximum atomic E-state index is 6.49. The lowest BCUT2D eigenvalue weighted by molar-refractivity contribution is 0.652. The molecule has 0 saturated carbocycles. The fourth-order valence-corrected chi connectivity index (χ4v) is 11.1. The molecule has 1 aliphatic heterocycles. The zero-order chi connectivity index (χ0) is 37.6. The number of fused-ring (bicyclic) bond motifs is 17. The summed E-state index contributed by atoms with van der Waals surface area (Å²) < 4.78 is 13.8. The third-order valence-electron chi connectivity index (χ3n) is 12.3. The Morgan fingerprint density at radius 2 is 1.05 bits per heavy atom. The van der Waals surface area contributed by atoms with Crippen molar-refractivity contribution >= 4 is 97.3 Å². The van der Waals surface area contributed by atoms with E-state index in [1.54, 1.807) is 0 Å². The van der Waals surface area contributed by atoms with Crippen LogP contribution in [0.3, 0.4) is 0 Å². The fraction of sp³-hybridized carbons (Fsp3) is 0. The standard InChI is InChI=1S/C52H28N4OS/c1-2-14-30-29(13-1)31-15-3-7-23-41(31)55-43-27-39-32-16-4-8-24-42(32)56(44(39)28-40(43)35-20-11-19-34(30)49(35)55)51-47(53-48-37-18-5-9-25-45(37)57-52(48)54-51)38-22-12-21-36-33-17-6-10-26-46(33)58-50(36)38/h1-28H. The van der Waals surface area contributed by atoms with Gasteiger partial charge in [-0.2, -0.15) is 4.98 Å². The van der Waals surface area contributed by atoms with E-state index >= 15 is 0 Å². The molecule has 0 aliphatic carbocycles. The number of furan rings is 1. The topological polar surface area (TPSA) is 48.8 Å². The van der Waals surface area contributed by atoms with Crippen LogP contribution >= 0.6 is 11.3 Å². The molecule has 0 unspecified atom stereocenters. The van der Waals surface area contributed by atoms with E-state index in [0.29, 0.717) is 5.71 Å². The minimum Gasteiger partial charge on any atom is -0.436 e. The van der Waals surface area contributed by atoms with Crippen LogP contribution in [0.1, 0.15) is 0 Å². The summed E-state index contributed by atoms with van der Waals surface area (Å²) in [6.07, 6.45) is 0. The number of thiophene rings is 1. The van der Waals surface area contributed by atoms with E-state index in [-0.39, 0.29) is 0 Å². The summed E-state index contributed by atoms with van der Waals surface area (Å²) in [6, 6.07) is 61.2. The van der Waals surface area contributed by atoms with Crippen molar-refractivity contribution in [2.24, 2.45) is 0 Å². The van der Waals surface area contributed by atoms with Gasteiger partial charge in [0.2, 0.25) is 5.71 Å². The molecule has 5 aromatic heterocycles. The third-order valence-corrected chi connectivity index (χ3v) is 13.5. The first-order valence-corrected chi connectivity index (χ1v) is 20.4. The highest BCUT2D eigenvalue weighted by Gasteiger charge is 2.27. The maximum absolute atomic E-state index is 6.49. The van der Waals surface area contributed by atoms with Crippen LogP contribution in [0.4, 0.5) is 0 Å². The van der Waals surface area contributed by atoms with Crippen LogP contribution in [0.5, 0.6) is 0 Å². The molecule has 0 radical (unpaired) electrons. The van der Waals surface area contributed by atoms with E-state index in [2.05, 4.69) is 161 Å². The zero-order valence-electron chi connectivity index (χ0n) is 30.8. The summed E-state index contributed by atoms with van der Waals surface area (Å²) >= 11 is 1.81. The Balaban J connectivity index is 1.15. The number of para-hydroxylation sites is 4. The summed E-state index contributed by atoms with van der Waals surface area (Å²) in [7, 11) is 0. The van der Waals surface area contributed by atoms with Crippen LogP contribution in [0.15, 0.2) is 174 Å². The van der Waals surface area contributed by atoms with Crippen molar-refractivity contribution in [1.29, 1.82) is 0 Å². The lowest BCUT2D eigenvalue weighted by Gasteiger charge is -2.14. The average molecular weight is 757 g/mol. The Hall–Kier alpha value is -7.54. The highest BCUT2D eigenvalue weighted by atomic mass is 32.1. The summed E-state index contributed by atoms with van der Waals surface area (Å²) in [5.74, 6) is 0.742. The van der Waals surface area contributed by atoms with Crippen LogP contribution in [0, 0.1) is 0 Å². The second kappa shape index (κ2) is 11.1. The van der Waals surface area contributed by atoms with Crippen molar-refractivity contribution in [2.75, 3.05) is 0 Å². The minimum atomic E-state index is 0.522. The van der Waals surface area contributed by atoms with Gasteiger partial charge in [0.1, 0.15) is 16.8 Å². The predicted octanol–water partition coefficient (Wildman–Crippen LogP) is 14.3. The number of hydrogen-bond acceptors (Lipinski definition) is 4. The van der Waals surface area contributed by atoms with Gasteiger partial charge in [-0.1, -0.05) is 127 Å². The van der Waals surface area contributed by atoms with Crippen molar-refractivity contribution in [2.45, 2.75) is 0 Å². The molecule has 14 rings (SSSR count). The van der Waals surface area contributed by atoms with Crippen molar-refractivity contribution in [3.05, 3.63) is 170 Å². The summed E-state index contributed by atoms with van der Waals surface area (Å²) in [6.45, 7) is 0. The van der Waals surface area contributed by atoms with E-state index in [4.69, 9.17) is 14.4 Å². The smallest absolute Gasteiger partial charge is 0.248 e. The number of benzene rings is 8. The van der Waals surface area contributed by atoms with E-state index in [9.17, 15) is 0 Å². The lowest BCUT2D eigenvalue weighted by atomic mass is 9.94. The van der Waals surface area contributed by atoms with E-state index in [0.717, 1.165) is 55.4 Å². The SMILES string of the molecule is c1ccc2c(c1)-c1ccccc1-n1c3cc4c5ccccc5n(-c5nc6oc7ccccc7c6nc5-c5cccc6c5sc5ccccc56)c4cc3c3cccc-2c31. The van der Waals surface area contributed by atoms with E-state index in [1.165, 1.54) is 69.9 Å². The second-order valence-electron chi connectivity index (χ2n) is 15.3. The lowest BCUT2D eigenvalue weighted by Crippen LogP contribution is -2.03. The number of rotatable bonds is 2. The van der Waals surface area contributed by atoms with Gasteiger partial charge in [-0.15, -0.1) is 11.3 Å². The van der Waals surface area contributed by atoms with Crippen LogP contribution in [-0.4, -0.2) is 19.1 Å². The van der Waals surface area contributed by atoms with E-state index in [1.807, 2.05) is 29.5 Å². The Bertz CT molecular complexity index is 3940. The molecule has 268 valence electrons.